The van der Waals surface area contributed by atoms with Gasteiger partial charge >= 0.3 is 0 Å². The Bertz CT molecular complexity index is 968. The maximum absolute atomic E-state index is 13.4. The van der Waals surface area contributed by atoms with Crippen LogP contribution in [-0.4, -0.2) is 71.7 Å². The SMILES string of the molecule is O=C(c1ccc(F)c(F)c1)N1CCN(CCCN2C(=O)c3ccccc3C2=O)CC1. The highest BCUT2D eigenvalue weighted by Gasteiger charge is 2.34. The Labute approximate surface area is 172 Å². The van der Waals surface area contributed by atoms with Crippen molar-refractivity contribution in [3.05, 3.63) is 70.8 Å². The van der Waals surface area contributed by atoms with Crippen LogP contribution in [0.2, 0.25) is 0 Å². The Kier molecular flexibility index (Phi) is 5.59. The maximum Gasteiger partial charge on any atom is 0.261 e. The van der Waals surface area contributed by atoms with Gasteiger partial charge in [0, 0.05) is 38.3 Å². The highest BCUT2D eigenvalue weighted by molar-refractivity contribution is 6.21. The van der Waals surface area contributed by atoms with E-state index in [1.54, 1.807) is 29.2 Å². The molecule has 2 aliphatic heterocycles. The summed E-state index contributed by atoms with van der Waals surface area (Å²) in [5.41, 5.74) is 1.03. The van der Waals surface area contributed by atoms with Crippen LogP contribution in [0.3, 0.4) is 0 Å². The standard InChI is InChI=1S/C22H21F2N3O3/c23-18-7-6-15(14-19(18)24)20(28)26-12-10-25(11-13-26)8-3-9-27-21(29)16-4-1-2-5-17(16)22(27)30/h1-2,4-7,14H,3,8-13H2. The van der Waals surface area contributed by atoms with Gasteiger partial charge in [-0.1, -0.05) is 12.1 Å². The quantitative estimate of drug-likeness (QED) is 0.707. The molecule has 156 valence electrons. The average Bonchev–Trinajstić information content (AvgIpc) is 3.01. The lowest BCUT2D eigenvalue weighted by molar-refractivity contribution is 0.0595. The van der Waals surface area contributed by atoms with Crippen molar-refractivity contribution in [3.63, 3.8) is 0 Å². The molecule has 2 heterocycles. The molecule has 2 aromatic carbocycles. The number of benzene rings is 2. The first-order chi connectivity index (χ1) is 14.5. The lowest BCUT2D eigenvalue weighted by Gasteiger charge is -2.35. The van der Waals surface area contributed by atoms with Crippen molar-refractivity contribution in [1.82, 2.24) is 14.7 Å². The molecule has 0 bridgehead atoms. The highest BCUT2D eigenvalue weighted by atomic mass is 19.2. The van der Waals surface area contributed by atoms with Crippen molar-refractivity contribution in [3.8, 4) is 0 Å². The van der Waals surface area contributed by atoms with E-state index in [9.17, 15) is 23.2 Å². The van der Waals surface area contributed by atoms with Gasteiger partial charge in [-0.3, -0.25) is 24.2 Å². The second-order valence-corrected chi connectivity index (χ2v) is 7.42. The van der Waals surface area contributed by atoms with Crippen molar-refractivity contribution < 1.29 is 23.2 Å². The summed E-state index contributed by atoms with van der Waals surface area (Å²) in [6, 6.07) is 9.99. The first-order valence-electron chi connectivity index (χ1n) is 9.87. The van der Waals surface area contributed by atoms with E-state index in [-0.39, 0.29) is 23.3 Å². The van der Waals surface area contributed by atoms with Crippen LogP contribution in [0.5, 0.6) is 0 Å². The zero-order valence-corrected chi connectivity index (χ0v) is 16.3. The summed E-state index contributed by atoms with van der Waals surface area (Å²) in [4.78, 5) is 42.3. The smallest absolute Gasteiger partial charge is 0.261 e. The van der Waals surface area contributed by atoms with Gasteiger partial charge in [0.1, 0.15) is 0 Å². The number of nitrogens with zero attached hydrogens (tertiary/aromatic N) is 3. The van der Waals surface area contributed by atoms with Crippen LogP contribution in [0, 0.1) is 11.6 Å². The van der Waals surface area contributed by atoms with Crippen LogP contribution in [0.1, 0.15) is 37.5 Å². The predicted molar refractivity (Wildman–Crippen MR) is 105 cm³/mol. The number of halogens is 2. The molecule has 0 spiro atoms. The van der Waals surface area contributed by atoms with Gasteiger partial charge in [0.25, 0.3) is 17.7 Å². The topological polar surface area (TPSA) is 60.9 Å². The predicted octanol–water partition coefficient (Wildman–Crippen LogP) is 2.41. The zero-order chi connectivity index (χ0) is 21.3. The Morgan fingerprint density at radius 1 is 0.833 bits per heavy atom. The molecule has 2 aromatic rings. The maximum atomic E-state index is 13.4. The van der Waals surface area contributed by atoms with Crippen molar-refractivity contribution in [2.75, 3.05) is 39.3 Å². The minimum Gasteiger partial charge on any atom is -0.336 e. The van der Waals surface area contributed by atoms with E-state index < -0.39 is 11.6 Å². The van der Waals surface area contributed by atoms with Gasteiger partial charge in [0.15, 0.2) is 11.6 Å². The van der Waals surface area contributed by atoms with Gasteiger partial charge in [0.2, 0.25) is 0 Å². The number of rotatable bonds is 5. The van der Waals surface area contributed by atoms with E-state index >= 15 is 0 Å². The molecule has 0 atom stereocenters. The second kappa shape index (κ2) is 8.31. The number of hydrogen-bond acceptors (Lipinski definition) is 4. The van der Waals surface area contributed by atoms with Crippen molar-refractivity contribution >= 4 is 17.7 Å². The summed E-state index contributed by atoms with van der Waals surface area (Å²) in [7, 11) is 0. The molecule has 6 nitrogen and oxygen atoms in total. The number of carbonyl (C=O) groups excluding carboxylic acids is 3. The second-order valence-electron chi connectivity index (χ2n) is 7.42. The largest absolute Gasteiger partial charge is 0.336 e. The molecule has 4 rings (SSSR count). The van der Waals surface area contributed by atoms with Crippen LogP contribution < -0.4 is 0 Å². The first-order valence-corrected chi connectivity index (χ1v) is 9.87. The molecule has 2 aliphatic rings. The Morgan fingerprint density at radius 3 is 2.07 bits per heavy atom. The molecule has 0 aliphatic carbocycles. The summed E-state index contributed by atoms with van der Waals surface area (Å²) in [5.74, 6) is -2.84. The van der Waals surface area contributed by atoms with Gasteiger partial charge in [-0.05, 0) is 43.3 Å². The van der Waals surface area contributed by atoms with Crippen molar-refractivity contribution in [1.29, 1.82) is 0 Å². The van der Waals surface area contributed by atoms with Gasteiger partial charge in [-0.15, -0.1) is 0 Å². The van der Waals surface area contributed by atoms with Gasteiger partial charge in [-0.2, -0.15) is 0 Å². The summed E-state index contributed by atoms with van der Waals surface area (Å²) < 4.78 is 26.4. The number of piperazine rings is 1. The molecule has 8 heteroatoms. The number of fused-ring (bicyclic) bond motifs is 1. The molecule has 1 saturated heterocycles. The molecule has 0 radical (unpaired) electrons. The van der Waals surface area contributed by atoms with Crippen LogP contribution in [-0.2, 0) is 0 Å². The molecule has 0 aromatic heterocycles. The molecular formula is C22H21F2N3O3. The number of imide groups is 1. The van der Waals surface area contributed by atoms with E-state index in [0.717, 1.165) is 12.1 Å². The van der Waals surface area contributed by atoms with Crippen LogP contribution in [0.4, 0.5) is 8.78 Å². The minimum absolute atomic E-state index is 0.132. The molecule has 0 N–H and O–H groups in total. The van der Waals surface area contributed by atoms with Crippen LogP contribution in [0.15, 0.2) is 42.5 Å². The summed E-state index contributed by atoms with van der Waals surface area (Å²) in [6.45, 7) is 3.27. The van der Waals surface area contributed by atoms with E-state index in [1.165, 1.54) is 11.0 Å². The highest BCUT2D eigenvalue weighted by Crippen LogP contribution is 2.22. The van der Waals surface area contributed by atoms with Crippen molar-refractivity contribution in [2.45, 2.75) is 6.42 Å². The van der Waals surface area contributed by atoms with Crippen molar-refractivity contribution in [2.24, 2.45) is 0 Å². The van der Waals surface area contributed by atoms with Gasteiger partial charge in [0.05, 0.1) is 11.1 Å². The number of amides is 3. The lowest BCUT2D eigenvalue weighted by Crippen LogP contribution is -2.49. The van der Waals surface area contributed by atoms with E-state index in [2.05, 4.69) is 4.90 Å². The Morgan fingerprint density at radius 2 is 1.47 bits per heavy atom. The van der Waals surface area contributed by atoms with Gasteiger partial charge in [-0.25, -0.2) is 8.78 Å². The molecule has 0 saturated carbocycles. The van der Waals surface area contributed by atoms with Gasteiger partial charge < -0.3 is 4.90 Å². The van der Waals surface area contributed by atoms with E-state index in [0.29, 0.717) is 56.8 Å². The summed E-state index contributed by atoms with van der Waals surface area (Å²) >= 11 is 0. The van der Waals surface area contributed by atoms with E-state index in [1.807, 2.05) is 0 Å². The fraction of sp³-hybridized carbons (Fsp3) is 0.318. The summed E-state index contributed by atoms with van der Waals surface area (Å²) in [6.07, 6.45) is 0.641. The zero-order valence-electron chi connectivity index (χ0n) is 16.3. The average molecular weight is 413 g/mol. The summed E-state index contributed by atoms with van der Waals surface area (Å²) in [5, 5.41) is 0. The third-order valence-corrected chi connectivity index (χ3v) is 5.56. The molecule has 1 fully saturated rings. The fourth-order valence-corrected chi connectivity index (χ4v) is 3.88. The number of hydrogen-bond donors (Lipinski definition) is 0. The van der Waals surface area contributed by atoms with E-state index in [4.69, 9.17) is 0 Å². The molecule has 30 heavy (non-hydrogen) atoms. The monoisotopic (exact) mass is 413 g/mol. The normalized spacial score (nSPS) is 16.9. The van der Waals surface area contributed by atoms with Crippen LogP contribution >= 0.6 is 0 Å². The fourth-order valence-electron chi connectivity index (χ4n) is 3.88. The third-order valence-electron chi connectivity index (χ3n) is 5.56. The number of carbonyl (C=O) groups is 3. The van der Waals surface area contributed by atoms with Crippen LogP contribution in [0.25, 0.3) is 0 Å². The first kappa shape index (κ1) is 20.2. The third kappa shape index (κ3) is 3.82. The molecular weight excluding hydrogens is 392 g/mol. The molecule has 0 unspecified atom stereocenters. The lowest BCUT2D eigenvalue weighted by atomic mass is 10.1. The molecule has 3 amide bonds. The Hall–Kier alpha value is -3.13. The minimum atomic E-state index is -1.03. The Balaban J connectivity index is 1.25.